The molecule has 3 N–H and O–H groups in total. The highest BCUT2D eigenvalue weighted by Gasteiger charge is 2.65. The van der Waals surface area contributed by atoms with Crippen molar-refractivity contribution in [2.45, 2.75) is 71.9 Å². The lowest BCUT2D eigenvalue weighted by atomic mass is 9.85. The maximum absolute atomic E-state index is 13.0. The highest BCUT2D eigenvalue weighted by Crippen LogP contribution is 2.60. The molecule has 6 nitrogen and oxygen atoms in total. The van der Waals surface area contributed by atoms with Crippen LogP contribution in [0.4, 0.5) is 0 Å². The first-order valence-corrected chi connectivity index (χ1v) is 8.95. The Morgan fingerprint density at radius 3 is 2.33 bits per heavy atom. The molecule has 1 spiro atoms. The standard InChI is InChI=1S/C18H30N2O4/c1-10(2)7-13(19)12-9-18(12)6-5-15(21)20(17(18)24)14(16(22)23)8-11(3)4/h10-14H,5-9,19H2,1-4H3,(H,22,23)/t12?,13-,14-,18-/m0/s1. The molecule has 0 bridgehead atoms. The van der Waals surface area contributed by atoms with Gasteiger partial charge in [0.2, 0.25) is 11.8 Å². The quantitative estimate of drug-likeness (QED) is 0.692. The van der Waals surface area contributed by atoms with Crippen molar-refractivity contribution in [2.24, 2.45) is 28.9 Å². The molecule has 4 atom stereocenters. The Bertz CT molecular complexity index is 531. The molecule has 136 valence electrons. The molecule has 1 heterocycles. The summed E-state index contributed by atoms with van der Waals surface area (Å²) in [6.45, 7) is 7.97. The van der Waals surface area contributed by atoms with Gasteiger partial charge >= 0.3 is 5.97 Å². The van der Waals surface area contributed by atoms with Gasteiger partial charge in [0.05, 0.1) is 5.41 Å². The molecule has 2 rings (SSSR count). The molecule has 0 aromatic heterocycles. The van der Waals surface area contributed by atoms with E-state index in [1.165, 1.54) is 0 Å². The molecule has 2 fully saturated rings. The fourth-order valence-electron chi connectivity index (χ4n) is 4.13. The summed E-state index contributed by atoms with van der Waals surface area (Å²) in [4.78, 5) is 38.0. The number of nitrogens with zero attached hydrogens (tertiary/aromatic N) is 1. The zero-order valence-electron chi connectivity index (χ0n) is 15.1. The van der Waals surface area contributed by atoms with Gasteiger partial charge in [-0.2, -0.15) is 0 Å². The lowest BCUT2D eigenvalue weighted by molar-refractivity contribution is -0.165. The van der Waals surface area contributed by atoms with E-state index >= 15 is 0 Å². The Balaban J connectivity index is 2.20. The number of carbonyl (C=O) groups excluding carboxylic acids is 2. The third kappa shape index (κ3) is 3.48. The number of piperidine rings is 1. The Labute approximate surface area is 143 Å². The van der Waals surface area contributed by atoms with E-state index < -0.39 is 17.4 Å². The Hall–Kier alpha value is -1.43. The predicted octanol–water partition coefficient (Wildman–Crippen LogP) is 2.01. The lowest BCUT2D eigenvalue weighted by Crippen LogP contribution is -2.55. The van der Waals surface area contributed by atoms with Gasteiger partial charge in [0.1, 0.15) is 6.04 Å². The van der Waals surface area contributed by atoms with Gasteiger partial charge in [-0.05, 0) is 43.4 Å². The number of hydrogen-bond acceptors (Lipinski definition) is 4. The van der Waals surface area contributed by atoms with E-state index in [1.54, 1.807) is 0 Å². The number of carboxylic acids is 1. The zero-order chi connectivity index (χ0) is 18.2. The normalized spacial score (nSPS) is 29.5. The highest BCUT2D eigenvalue weighted by molar-refractivity contribution is 6.05. The minimum atomic E-state index is -1.11. The van der Waals surface area contributed by atoms with Crippen LogP contribution in [-0.4, -0.2) is 39.9 Å². The maximum Gasteiger partial charge on any atom is 0.326 e. The molecule has 0 aromatic carbocycles. The molecule has 1 saturated heterocycles. The van der Waals surface area contributed by atoms with E-state index in [-0.39, 0.29) is 42.5 Å². The molecule has 0 radical (unpaired) electrons. The fourth-order valence-corrected chi connectivity index (χ4v) is 4.13. The molecule has 24 heavy (non-hydrogen) atoms. The number of rotatable bonds is 7. The number of nitrogens with two attached hydrogens (primary N) is 1. The molecular formula is C18H30N2O4. The van der Waals surface area contributed by atoms with E-state index in [9.17, 15) is 19.5 Å². The molecule has 2 aliphatic rings. The molecular weight excluding hydrogens is 308 g/mol. The van der Waals surface area contributed by atoms with Crippen molar-refractivity contribution in [3.8, 4) is 0 Å². The van der Waals surface area contributed by atoms with Crippen LogP contribution >= 0.6 is 0 Å². The molecule has 6 heteroatoms. The van der Waals surface area contributed by atoms with Crippen LogP contribution in [0.5, 0.6) is 0 Å². The summed E-state index contributed by atoms with van der Waals surface area (Å²) in [5.74, 6) is -1.18. The summed E-state index contributed by atoms with van der Waals surface area (Å²) < 4.78 is 0. The number of imide groups is 1. The lowest BCUT2D eigenvalue weighted by Gasteiger charge is -2.36. The van der Waals surface area contributed by atoms with Gasteiger partial charge in [-0.15, -0.1) is 0 Å². The van der Waals surface area contributed by atoms with Crippen LogP contribution in [-0.2, 0) is 14.4 Å². The van der Waals surface area contributed by atoms with Gasteiger partial charge in [0.15, 0.2) is 0 Å². The molecule has 1 aliphatic heterocycles. The summed E-state index contributed by atoms with van der Waals surface area (Å²) in [5, 5.41) is 9.52. The number of carbonyl (C=O) groups is 3. The average Bonchev–Trinajstić information content (AvgIpc) is 3.17. The van der Waals surface area contributed by atoms with Gasteiger partial charge in [0, 0.05) is 12.5 Å². The average molecular weight is 338 g/mol. The van der Waals surface area contributed by atoms with Crippen molar-refractivity contribution in [3.05, 3.63) is 0 Å². The van der Waals surface area contributed by atoms with Crippen molar-refractivity contribution in [3.63, 3.8) is 0 Å². The molecule has 1 aliphatic carbocycles. The first-order valence-electron chi connectivity index (χ1n) is 8.95. The number of aliphatic carboxylic acids is 1. The SMILES string of the molecule is CC(C)C[C@H](N)C1C[C@@]12CCC(=O)N([C@@H](CC(C)C)C(=O)O)C2=O. The second kappa shape index (κ2) is 6.82. The zero-order valence-corrected chi connectivity index (χ0v) is 15.1. The van der Waals surface area contributed by atoms with Crippen molar-refractivity contribution in [1.29, 1.82) is 0 Å². The number of hydrogen-bond donors (Lipinski definition) is 2. The third-order valence-electron chi connectivity index (χ3n) is 5.38. The Kier molecular flexibility index (Phi) is 5.37. The van der Waals surface area contributed by atoms with Crippen molar-refractivity contribution >= 4 is 17.8 Å². The summed E-state index contributed by atoms with van der Waals surface area (Å²) in [6, 6.07) is -1.14. The molecule has 1 saturated carbocycles. The van der Waals surface area contributed by atoms with E-state index in [1.807, 2.05) is 13.8 Å². The van der Waals surface area contributed by atoms with E-state index in [4.69, 9.17) is 5.73 Å². The second-order valence-corrected chi connectivity index (χ2v) is 8.31. The fraction of sp³-hybridized carbons (Fsp3) is 0.833. The van der Waals surface area contributed by atoms with Crippen LogP contribution in [0.25, 0.3) is 0 Å². The number of carboxylic acid groups (broad SMARTS) is 1. The maximum atomic E-state index is 13.0. The van der Waals surface area contributed by atoms with Crippen LogP contribution in [0.2, 0.25) is 0 Å². The molecule has 0 aromatic rings. The Morgan fingerprint density at radius 2 is 1.83 bits per heavy atom. The minimum Gasteiger partial charge on any atom is -0.480 e. The van der Waals surface area contributed by atoms with Gasteiger partial charge in [-0.25, -0.2) is 4.79 Å². The van der Waals surface area contributed by atoms with Crippen molar-refractivity contribution in [1.82, 2.24) is 4.90 Å². The smallest absolute Gasteiger partial charge is 0.326 e. The van der Waals surface area contributed by atoms with Crippen LogP contribution in [0.1, 0.15) is 59.8 Å². The monoisotopic (exact) mass is 338 g/mol. The molecule has 2 amide bonds. The first-order chi connectivity index (χ1) is 11.1. The van der Waals surface area contributed by atoms with E-state index in [0.717, 1.165) is 11.3 Å². The summed E-state index contributed by atoms with van der Waals surface area (Å²) in [7, 11) is 0. The first kappa shape index (κ1) is 18.9. The summed E-state index contributed by atoms with van der Waals surface area (Å²) >= 11 is 0. The van der Waals surface area contributed by atoms with Gasteiger partial charge in [0.25, 0.3) is 0 Å². The minimum absolute atomic E-state index is 0.0662. The van der Waals surface area contributed by atoms with Crippen molar-refractivity contribution in [2.75, 3.05) is 0 Å². The third-order valence-corrected chi connectivity index (χ3v) is 5.38. The van der Waals surface area contributed by atoms with E-state index in [2.05, 4.69) is 13.8 Å². The van der Waals surface area contributed by atoms with Crippen LogP contribution in [0.3, 0.4) is 0 Å². The predicted molar refractivity (Wildman–Crippen MR) is 89.9 cm³/mol. The van der Waals surface area contributed by atoms with Crippen molar-refractivity contribution < 1.29 is 19.5 Å². The number of likely N-dealkylation sites (tertiary alicyclic amines) is 1. The van der Waals surface area contributed by atoms with Crippen LogP contribution in [0.15, 0.2) is 0 Å². The highest BCUT2D eigenvalue weighted by atomic mass is 16.4. The summed E-state index contributed by atoms with van der Waals surface area (Å²) in [6.07, 6.45) is 2.54. The van der Waals surface area contributed by atoms with Gasteiger partial charge in [-0.1, -0.05) is 27.7 Å². The van der Waals surface area contributed by atoms with Gasteiger partial charge in [-0.3, -0.25) is 14.5 Å². The summed E-state index contributed by atoms with van der Waals surface area (Å²) in [5.41, 5.74) is 5.67. The topological polar surface area (TPSA) is 101 Å². The van der Waals surface area contributed by atoms with Crippen LogP contribution < -0.4 is 5.73 Å². The largest absolute Gasteiger partial charge is 0.480 e. The van der Waals surface area contributed by atoms with Crippen LogP contribution in [0, 0.1) is 23.2 Å². The Morgan fingerprint density at radius 1 is 1.25 bits per heavy atom. The molecule has 1 unspecified atom stereocenters. The van der Waals surface area contributed by atoms with E-state index in [0.29, 0.717) is 18.8 Å². The van der Waals surface area contributed by atoms with Gasteiger partial charge < -0.3 is 10.8 Å². The second-order valence-electron chi connectivity index (χ2n) is 8.31. The number of amides is 2.